The third-order valence-corrected chi connectivity index (χ3v) is 4.10. The van der Waals surface area contributed by atoms with E-state index < -0.39 is 5.60 Å². The number of fused-ring (bicyclic) bond motifs is 1. The van der Waals surface area contributed by atoms with Crippen molar-refractivity contribution in [3.8, 4) is 5.75 Å². The van der Waals surface area contributed by atoms with Gasteiger partial charge in [-0.05, 0) is 56.5 Å². The molecule has 2 heterocycles. The van der Waals surface area contributed by atoms with E-state index in [0.717, 1.165) is 18.4 Å². The molecule has 2 aromatic heterocycles. The van der Waals surface area contributed by atoms with Crippen LogP contribution in [0.4, 0.5) is 0 Å². The Morgan fingerprint density at radius 1 is 1.27 bits per heavy atom. The first-order chi connectivity index (χ1) is 12.4. The van der Waals surface area contributed by atoms with E-state index in [4.69, 9.17) is 16.3 Å². The SMILES string of the molecule is CC(C)(Oc1ccc(Cl)cc1)C(=O)NCCCc1cnc2ncnn2c1. The van der Waals surface area contributed by atoms with E-state index in [1.807, 2.05) is 6.20 Å². The number of rotatable bonds is 7. The Kier molecular flexibility index (Phi) is 5.37. The standard InChI is InChI=1S/C18H20ClN5O2/c1-18(2,26-15-7-5-14(19)6-8-15)16(25)20-9-3-4-13-10-21-17-22-12-23-24(17)11-13/h5-8,10-12H,3-4,9H2,1-2H3,(H,20,25). The van der Waals surface area contributed by atoms with E-state index in [0.29, 0.717) is 23.1 Å². The van der Waals surface area contributed by atoms with Crippen molar-refractivity contribution < 1.29 is 9.53 Å². The number of aromatic nitrogens is 4. The Morgan fingerprint density at radius 3 is 2.81 bits per heavy atom. The quantitative estimate of drug-likeness (QED) is 0.644. The lowest BCUT2D eigenvalue weighted by molar-refractivity contribution is -0.134. The van der Waals surface area contributed by atoms with Crippen LogP contribution in [0.5, 0.6) is 5.75 Å². The zero-order valence-electron chi connectivity index (χ0n) is 14.6. The third-order valence-electron chi connectivity index (χ3n) is 3.85. The molecule has 3 aromatic rings. The fraction of sp³-hybridized carbons (Fsp3) is 0.333. The van der Waals surface area contributed by atoms with Crippen LogP contribution in [0.2, 0.25) is 5.02 Å². The zero-order chi connectivity index (χ0) is 18.6. The third kappa shape index (κ3) is 4.49. The van der Waals surface area contributed by atoms with Crippen molar-refractivity contribution in [2.45, 2.75) is 32.3 Å². The predicted octanol–water partition coefficient (Wildman–Crippen LogP) is 2.68. The van der Waals surface area contributed by atoms with Crippen LogP contribution in [0.1, 0.15) is 25.8 Å². The topological polar surface area (TPSA) is 81.4 Å². The number of nitrogens with zero attached hydrogens (tertiary/aromatic N) is 4. The van der Waals surface area contributed by atoms with Gasteiger partial charge in [0.15, 0.2) is 5.60 Å². The van der Waals surface area contributed by atoms with Gasteiger partial charge in [-0.3, -0.25) is 4.79 Å². The van der Waals surface area contributed by atoms with Gasteiger partial charge in [-0.2, -0.15) is 10.1 Å². The van der Waals surface area contributed by atoms with Crippen LogP contribution in [0, 0.1) is 0 Å². The maximum atomic E-state index is 12.4. The van der Waals surface area contributed by atoms with Crippen molar-refractivity contribution in [1.82, 2.24) is 24.9 Å². The highest BCUT2D eigenvalue weighted by Crippen LogP contribution is 2.21. The van der Waals surface area contributed by atoms with Gasteiger partial charge >= 0.3 is 0 Å². The summed E-state index contributed by atoms with van der Waals surface area (Å²) in [6.45, 7) is 4.01. The monoisotopic (exact) mass is 373 g/mol. The van der Waals surface area contributed by atoms with Crippen LogP contribution >= 0.6 is 11.6 Å². The Hall–Kier alpha value is -2.67. The highest BCUT2D eigenvalue weighted by atomic mass is 35.5. The van der Waals surface area contributed by atoms with Gasteiger partial charge in [-0.25, -0.2) is 9.50 Å². The molecule has 0 radical (unpaired) electrons. The van der Waals surface area contributed by atoms with E-state index in [1.165, 1.54) is 6.33 Å². The second-order valence-electron chi connectivity index (χ2n) is 6.39. The van der Waals surface area contributed by atoms with E-state index >= 15 is 0 Å². The highest BCUT2D eigenvalue weighted by molar-refractivity contribution is 6.30. The fourth-order valence-corrected chi connectivity index (χ4v) is 2.56. The number of benzene rings is 1. The summed E-state index contributed by atoms with van der Waals surface area (Å²) in [7, 11) is 0. The van der Waals surface area contributed by atoms with Gasteiger partial charge < -0.3 is 10.1 Å². The molecule has 8 heteroatoms. The van der Waals surface area contributed by atoms with Gasteiger partial charge in [0.1, 0.15) is 12.1 Å². The Bertz CT molecular complexity index is 892. The molecule has 1 N–H and O–H groups in total. The molecule has 0 saturated heterocycles. The van der Waals surface area contributed by atoms with Crippen LogP contribution in [-0.4, -0.2) is 37.6 Å². The molecule has 3 rings (SSSR count). The first-order valence-corrected chi connectivity index (χ1v) is 8.69. The summed E-state index contributed by atoms with van der Waals surface area (Å²) >= 11 is 5.86. The molecule has 0 bridgehead atoms. The molecular formula is C18H20ClN5O2. The van der Waals surface area contributed by atoms with E-state index in [2.05, 4.69) is 20.4 Å². The number of hydrogen-bond acceptors (Lipinski definition) is 5. The lowest BCUT2D eigenvalue weighted by atomic mass is 10.1. The molecule has 0 aliphatic heterocycles. The molecule has 0 atom stereocenters. The Labute approximate surface area is 156 Å². The first-order valence-electron chi connectivity index (χ1n) is 8.31. The van der Waals surface area contributed by atoms with Crippen LogP contribution in [-0.2, 0) is 11.2 Å². The number of carbonyl (C=O) groups excluding carboxylic acids is 1. The van der Waals surface area contributed by atoms with Crippen LogP contribution < -0.4 is 10.1 Å². The number of hydrogen-bond donors (Lipinski definition) is 1. The molecule has 0 spiro atoms. The second-order valence-corrected chi connectivity index (χ2v) is 6.83. The van der Waals surface area contributed by atoms with Crippen molar-refractivity contribution in [2.75, 3.05) is 6.54 Å². The molecule has 26 heavy (non-hydrogen) atoms. The van der Waals surface area contributed by atoms with Crippen molar-refractivity contribution in [3.05, 3.63) is 53.6 Å². The molecule has 1 aromatic carbocycles. The number of nitrogens with one attached hydrogen (secondary N) is 1. The number of carbonyl (C=O) groups is 1. The molecule has 136 valence electrons. The van der Waals surface area contributed by atoms with Crippen LogP contribution in [0.15, 0.2) is 43.0 Å². The fourth-order valence-electron chi connectivity index (χ4n) is 2.44. The maximum absolute atomic E-state index is 12.4. The number of ether oxygens (including phenoxy) is 1. The predicted molar refractivity (Wildman–Crippen MR) is 98.3 cm³/mol. The lowest BCUT2D eigenvalue weighted by Gasteiger charge is -2.25. The number of amides is 1. The molecule has 0 saturated carbocycles. The van der Waals surface area contributed by atoms with Gasteiger partial charge in [0, 0.05) is 24.0 Å². The highest BCUT2D eigenvalue weighted by Gasteiger charge is 2.29. The summed E-state index contributed by atoms with van der Waals surface area (Å²) in [4.78, 5) is 20.6. The van der Waals surface area contributed by atoms with E-state index in [1.54, 1.807) is 48.8 Å². The zero-order valence-corrected chi connectivity index (χ0v) is 15.4. The van der Waals surface area contributed by atoms with Gasteiger partial charge in [-0.15, -0.1) is 0 Å². The Balaban J connectivity index is 1.47. The molecule has 0 aliphatic rings. The van der Waals surface area contributed by atoms with Crippen LogP contribution in [0.3, 0.4) is 0 Å². The van der Waals surface area contributed by atoms with Gasteiger partial charge in [0.25, 0.3) is 11.7 Å². The summed E-state index contributed by atoms with van der Waals surface area (Å²) in [6, 6.07) is 6.94. The molecule has 0 fully saturated rings. The molecular weight excluding hydrogens is 354 g/mol. The van der Waals surface area contributed by atoms with Crippen LogP contribution in [0.25, 0.3) is 5.78 Å². The average molecular weight is 374 g/mol. The summed E-state index contributed by atoms with van der Waals surface area (Å²) in [5.41, 5.74) is 0.0589. The summed E-state index contributed by atoms with van der Waals surface area (Å²) in [5, 5.41) is 7.60. The minimum absolute atomic E-state index is 0.169. The van der Waals surface area contributed by atoms with Crippen molar-refractivity contribution in [2.24, 2.45) is 0 Å². The summed E-state index contributed by atoms with van der Waals surface area (Å²) in [5.74, 6) is 1.00. The van der Waals surface area contributed by atoms with Gasteiger partial charge in [0.05, 0.1) is 0 Å². The van der Waals surface area contributed by atoms with Gasteiger partial charge in [-0.1, -0.05) is 11.6 Å². The average Bonchev–Trinajstić information content (AvgIpc) is 3.08. The first kappa shape index (κ1) is 18.1. The second kappa shape index (κ2) is 7.70. The minimum Gasteiger partial charge on any atom is -0.478 e. The minimum atomic E-state index is -0.977. The lowest BCUT2D eigenvalue weighted by Crippen LogP contribution is -2.46. The summed E-state index contributed by atoms with van der Waals surface area (Å²) < 4.78 is 7.41. The number of halogens is 1. The normalized spacial score (nSPS) is 11.5. The van der Waals surface area contributed by atoms with E-state index in [-0.39, 0.29) is 5.91 Å². The molecule has 7 nitrogen and oxygen atoms in total. The van der Waals surface area contributed by atoms with Gasteiger partial charge in [0.2, 0.25) is 0 Å². The van der Waals surface area contributed by atoms with Crippen molar-refractivity contribution >= 4 is 23.3 Å². The van der Waals surface area contributed by atoms with Crippen molar-refractivity contribution in [3.63, 3.8) is 0 Å². The number of aryl methyl sites for hydroxylation is 1. The smallest absolute Gasteiger partial charge is 0.263 e. The molecule has 0 unspecified atom stereocenters. The molecule has 0 aliphatic carbocycles. The Morgan fingerprint density at radius 2 is 2.04 bits per heavy atom. The summed E-state index contributed by atoms with van der Waals surface area (Å²) in [6.07, 6.45) is 6.70. The van der Waals surface area contributed by atoms with Crippen molar-refractivity contribution in [1.29, 1.82) is 0 Å². The molecule has 1 amide bonds. The van der Waals surface area contributed by atoms with E-state index in [9.17, 15) is 4.79 Å². The maximum Gasteiger partial charge on any atom is 0.263 e. The largest absolute Gasteiger partial charge is 0.478 e.